The van der Waals surface area contributed by atoms with Crippen molar-refractivity contribution in [2.45, 2.75) is 31.7 Å². The zero-order chi connectivity index (χ0) is 13.0. The van der Waals surface area contributed by atoms with Gasteiger partial charge in [-0.15, -0.1) is 0 Å². The SMILES string of the molecule is CCCCC(=O)NC(P(=O)(O)O)P(=O)(O)O. The molecule has 0 aliphatic heterocycles. The fourth-order valence-electron chi connectivity index (χ4n) is 0.918. The van der Waals surface area contributed by atoms with Crippen LogP contribution in [0.25, 0.3) is 0 Å². The van der Waals surface area contributed by atoms with E-state index in [1.807, 2.05) is 0 Å². The van der Waals surface area contributed by atoms with Crippen LogP contribution in [-0.2, 0) is 13.9 Å². The summed E-state index contributed by atoms with van der Waals surface area (Å²) in [6.45, 7) is 1.80. The Morgan fingerprint density at radius 2 is 1.62 bits per heavy atom. The smallest absolute Gasteiger partial charge is 0.332 e. The van der Waals surface area contributed by atoms with Crippen molar-refractivity contribution in [2.75, 3.05) is 0 Å². The Hall–Kier alpha value is -0.230. The molecule has 0 rings (SSSR count). The average Bonchev–Trinajstić information content (AvgIpc) is 2.07. The van der Waals surface area contributed by atoms with E-state index in [1.165, 1.54) is 0 Å². The highest BCUT2D eigenvalue weighted by molar-refractivity contribution is 7.70. The first-order valence-corrected chi connectivity index (χ1v) is 7.85. The van der Waals surface area contributed by atoms with Crippen molar-refractivity contribution < 1.29 is 33.5 Å². The summed E-state index contributed by atoms with van der Waals surface area (Å²) in [4.78, 5) is 45.9. The third-order valence-electron chi connectivity index (χ3n) is 1.68. The molecule has 0 spiro atoms. The largest absolute Gasteiger partial charge is 0.360 e. The fourth-order valence-corrected chi connectivity index (χ4v) is 3.11. The molecule has 16 heavy (non-hydrogen) atoms. The van der Waals surface area contributed by atoms with E-state index in [0.717, 1.165) is 0 Å². The number of nitrogens with one attached hydrogen (secondary N) is 1. The molecule has 10 heteroatoms. The zero-order valence-electron chi connectivity index (χ0n) is 8.61. The van der Waals surface area contributed by atoms with Crippen LogP contribution in [0.4, 0.5) is 0 Å². The second-order valence-electron chi connectivity index (χ2n) is 3.22. The summed E-state index contributed by atoms with van der Waals surface area (Å²) in [5, 5.41) is 1.67. The summed E-state index contributed by atoms with van der Waals surface area (Å²) in [7, 11) is -10.2. The first-order chi connectivity index (χ1) is 7.09. The molecule has 0 atom stereocenters. The van der Waals surface area contributed by atoms with Gasteiger partial charge in [-0.05, 0) is 6.42 Å². The molecule has 0 aliphatic carbocycles. The first-order valence-electron chi connectivity index (χ1n) is 4.49. The van der Waals surface area contributed by atoms with E-state index in [4.69, 9.17) is 19.6 Å². The molecule has 0 radical (unpaired) electrons. The van der Waals surface area contributed by atoms with Gasteiger partial charge in [-0.25, -0.2) is 0 Å². The normalized spacial score (nSPS) is 12.9. The van der Waals surface area contributed by atoms with Crippen LogP contribution in [0, 0.1) is 0 Å². The Morgan fingerprint density at radius 1 is 1.19 bits per heavy atom. The number of carbonyl (C=O) groups is 1. The molecule has 8 nitrogen and oxygen atoms in total. The van der Waals surface area contributed by atoms with Crippen molar-refractivity contribution in [1.29, 1.82) is 0 Å². The highest BCUT2D eigenvalue weighted by atomic mass is 31.2. The number of hydrogen-bond acceptors (Lipinski definition) is 3. The lowest BCUT2D eigenvalue weighted by atomic mass is 10.2. The molecule has 0 bridgehead atoms. The third kappa shape index (κ3) is 5.75. The molecule has 0 fully saturated rings. The van der Waals surface area contributed by atoms with Gasteiger partial charge in [0.1, 0.15) is 0 Å². The van der Waals surface area contributed by atoms with Crippen molar-refractivity contribution in [3.63, 3.8) is 0 Å². The molecule has 0 aliphatic rings. The maximum Gasteiger partial charge on any atom is 0.360 e. The van der Waals surface area contributed by atoms with Gasteiger partial charge < -0.3 is 24.9 Å². The number of amides is 1. The summed E-state index contributed by atoms with van der Waals surface area (Å²) in [5.41, 5.74) is -2.45. The second kappa shape index (κ2) is 5.91. The van der Waals surface area contributed by atoms with Gasteiger partial charge >= 0.3 is 15.2 Å². The second-order valence-corrected chi connectivity index (χ2v) is 7.02. The standard InChI is InChI=1S/C6H15NO7P2/c1-2-3-4-5(8)7-6(15(9,10)11)16(12,13)14/h6H,2-4H2,1H3,(H,7,8)(H2,9,10,11)(H2,12,13,14). The molecule has 0 unspecified atom stereocenters. The number of unbranched alkanes of at least 4 members (excludes halogenated alkanes) is 1. The van der Waals surface area contributed by atoms with Crippen molar-refractivity contribution in [2.24, 2.45) is 0 Å². The summed E-state index contributed by atoms with van der Waals surface area (Å²) < 4.78 is 21.5. The predicted octanol–water partition coefficient (Wildman–Crippen LogP) is -0.0682. The van der Waals surface area contributed by atoms with Crippen molar-refractivity contribution in [3.05, 3.63) is 0 Å². The van der Waals surface area contributed by atoms with Crippen LogP contribution in [0.3, 0.4) is 0 Å². The highest BCUT2D eigenvalue weighted by Gasteiger charge is 2.44. The lowest BCUT2D eigenvalue weighted by Gasteiger charge is -2.20. The molecule has 0 aromatic heterocycles. The summed E-state index contributed by atoms with van der Waals surface area (Å²) >= 11 is 0. The van der Waals surface area contributed by atoms with Gasteiger partial charge in [0.05, 0.1) is 0 Å². The molecule has 0 heterocycles. The van der Waals surface area contributed by atoms with Crippen molar-refractivity contribution >= 4 is 21.1 Å². The number of carbonyl (C=O) groups excluding carboxylic acids is 1. The average molecular weight is 275 g/mol. The van der Waals surface area contributed by atoms with Crippen LogP contribution < -0.4 is 5.32 Å². The maximum atomic E-state index is 11.1. The van der Waals surface area contributed by atoms with E-state index in [-0.39, 0.29) is 6.42 Å². The molecular formula is C6H15NO7P2. The lowest BCUT2D eigenvalue weighted by Crippen LogP contribution is -2.34. The van der Waals surface area contributed by atoms with Gasteiger partial charge in [0, 0.05) is 6.42 Å². The Labute approximate surface area is 92.4 Å². The van der Waals surface area contributed by atoms with E-state index in [0.29, 0.717) is 12.8 Å². The molecule has 0 aromatic carbocycles. The van der Waals surface area contributed by atoms with Crippen molar-refractivity contribution in [1.82, 2.24) is 5.32 Å². The summed E-state index contributed by atoms with van der Waals surface area (Å²) in [6.07, 6.45) is 1.12. The minimum absolute atomic E-state index is 0.0347. The molecule has 96 valence electrons. The summed E-state index contributed by atoms with van der Waals surface area (Å²) in [6, 6.07) is 0. The van der Waals surface area contributed by atoms with Crippen LogP contribution in [0.5, 0.6) is 0 Å². The first kappa shape index (κ1) is 15.8. The number of hydrogen-bond donors (Lipinski definition) is 5. The van der Waals surface area contributed by atoms with E-state index in [9.17, 15) is 13.9 Å². The maximum absolute atomic E-state index is 11.1. The molecule has 0 saturated carbocycles. The van der Waals surface area contributed by atoms with E-state index in [2.05, 4.69) is 0 Å². The fraction of sp³-hybridized carbons (Fsp3) is 0.833. The summed E-state index contributed by atoms with van der Waals surface area (Å²) in [5.74, 6) is -0.793. The minimum Gasteiger partial charge on any atom is -0.332 e. The van der Waals surface area contributed by atoms with Gasteiger partial charge in [0.15, 0.2) is 0 Å². The zero-order valence-corrected chi connectivity index (χ0v) is 10.4. The van der Waals surface area contributed by atoms with Gasteiger partial charge in [0.2, 0.25) is 11.4 Å². The van der Waals surface area contributed by atoms with Crippen LogP contribution in [-0.4, -0.2) is 31.0 Å². The van der Waals surface area contributed by atoms with Gasteiger partial charge in [0.25, 0.3) is 0 Å². The molecule has 0 saturated heterocycles. The van der Waals surface area contributed by atoms with Crippen LogP contribution in [0.1, 0.15) is 26.2 Å². The highest BCUT2D eigenvalue weighted by Crippen LogP contribution is 2.58. The van der Waals surface area contributed by atoms with Crippen LogP contribution in [0.15, 0.2) is 0 Å². The topological polar surface area (TPSA) is 144 Å². The predicted molar refractivity (Wildman–Crippen MR) is 55.5 cm³/mol. The number of rotatable bonds is 6. The van der Waals surface area contributed by atoms with Gasteiger partial charge in [-0.1, -0.05) is 13.3 Å². The molecule has 0 aromatic rings. The van der Waals surface area contributed by atoms with Crippen LogP contribution >= 0.6 is 15.2 Å². The van der Waals surface area contributed by atoms with Gasteiger partial charge in [-0.3, -0.25) is 13.9 Å². The third-order valence-corrected chi connectivity index (χ3v) is 5.02. The Bertz CT molecular complexity index is 310. The van der Waals surface area contributed by atoms with Gasteiger partial charge in [-0.2, -0.15) is 0 Å². The van der Waals surface area contributed by atoms with E-state index < -0.39 is 26.6 Å². The monoisotopic (exact) mass is 275 g/mol. The molecule has 5 N–H and O–H groups in total. The quantitative estimate of drug-likeness (QED) is 0.427. The Kier molecular flexibility index (Phi) is 5.82. The molecule has 1 amide bonds. The van der Waals surface area contributed by atoms with Crippen LogP contribution in [0.2, 0.25) is 0 Å². The lowest BCUT2D eigenvalue weighted by molar-refractivity contribution is -0.121. The minimum atomic E-state index is -5.08. The molecular weight excluding hydrogens is 260 g/mol. The Morgan fingerprint density at radius 3 is 1.94 bits per heavy atom. The Balaban J connectivity index is 4.66. The van der Waals surface area contributed by atoms with E-state index >= 15 is 0 Å². The van der Waals surface area contributed by atoms with Crippen molar-refractivity contribution in [3.8, 4) is 0 Å². The van der Waals surface area contributed by atoms with E-state index in [1.54, 1.807) is 12.2 Å².